The van der Waals surface area contributed by atoms with Crippen molar-refractivity contribution in [3.05, 3.63) is 111 Å². The van der Waals surface area contributed by atoms with Crippen molar-refractivity contribution in [3.8, 4) is 5.69 Å². The Kier molecular flexibility index (Phi) is 8.71. The van der Waals surface area contributed by atoms with Crippen LogP contribution in [-0.2, 0) is 13.2 Å². The van der Waals surface area contributed by atoms with E-state index >= 15 is 4.39 Å². The predicted molar refractivity (Wildman–Crippen MR) is 194 cm³/mol. The molecule has 0 atom stereocenters. The van der Waals surface area contributed by atoms with Crippen LogP contribution in [0.25, 0.3) is 16.6 Å². The lowest BCUT2D eigenvalue weighted by Gasteiger charge is -2.36. The average molecular weight is 695 g/mol. The van der Waals surface area contributed by atoms with Crippen molar-refractivity contribution in [2.75, 3.05) is 62.2 Å². The number of rotatable bonds is 9. The van der Waals surface area contributed by atoms with Crippen molar-refractivity contribution in [3.63, 3.8) is 0 Å². The Labute approximate surface area is 294 Å². The molecule has 2 aliphatic heterocycles. The molecule has 0 spiro atoms. The molecule has 2 aromatic heterocycles. The third-order valence-electron chi connectivity index (χ3n) is 10.1. The molecule has 1 saturated carbocycles. The Balaban J connectivity index is 0.986. The van der Waals surface area contributed by atoms with E-state index in [1.807, 2.05) is 38.4 Å². The highest BCUT2D eigenvalue weighted by atomic mass is 32.1. The average Bonchev–Trinajstić information content (AvgIpc) is 3.94. The van der Waals surface area contributed by atoms with E-state index in [1.54, 1.807) is 6.07 Å². The third-order valence-corrected chi connectivity index (χ3v) is 10.5. The quantitative estimate of drug-likeness (QED) is 0.214. The number of carboxylic acid groups (broad SMARTS) is 1. The molecule has 50 heavy (non-hydrogen) atoms. The fourth-order valence-electron chi connectivity index (χ4n) is 7.21. The van der Waals surface area contributed by atoms with Gasteiger partial charge < -0.3 is 19.5 Å². The molecule has 0 bridgehead atoms. The first kappa shape index (κ1) is 32.4. The van der Waals surface area contributed by atoms with Crippen LogP contribution in [0.4, 0.5) is 15.8 Å². The van der Waals surface area contributed by atoms with Crippen LogP contribution in [-0.4, -0.2) is 92.1 Å². The highest BCUT2D eigenvalue weighted by molar-refractivity contribution is 7.71. The van der Waals surface area contributed by atoms with Crippen molar-refractivity contribution >= 4 is 40.5 Å². The van der Waals surface area contributed by atoms with E-state index in [-0.39, 0.29) is 17.0 Å². The van der Waals surface area contributed by atoms with E-state index in [2.05, 4.69) is 55.7 Å². The Morgan fingerprint density at radius 2 is 1.46 bits per heavy atom. The lowest BCUT2D eigenvalue weighted by molar-refractivity contribution is 0.0694. The first-order chi connectivity index (χ1) is 24.3. The zero-order valence-corrected chi connectivity index (χ0v) is 28.5. The van der Waals surface area contributed by atoms with Gasteiger partial charge in [-0.3, -0.25) is 19.2 Å². The Morgan fingerprint density at radius 1 is 0.840 bits per heavy atom. The lowest BCUT2D eigenvalue weighted by Crippen LogP contribution is -2.47. The maximum Gasteiger partial charge on any atom is 0.341 e. The zero-order chi connectivity index (χ0) is 34.4. The van der Waals surface area contributed by atoms with Crippen LogP contribution in [0.3, 0.4) is 0 Å². The normalized spacial score (nSPS) is 17.5. The van der Waals surface area contributed by atoms with Gasteiger partial charge in [-0.05, 0) is 61.5 Å². The van der Waals surface area contributed by atoms with Gasteiger partial charge in [0.1, 0.15) is 11.4 Å². The molecule has 0 amide bonds. The number of benzene rings is 3. The van der Waals surface area contributed by atoms with Gasteiger partial charge in [0, 0.05) is 81.4 Å². The van der Waals surface area contributed by atoms with Crippen LogP contribution in [0.2, 0.25) is 0 Å². The third kappa shape index (κ3) is 6.32. The number of aromatic nitrogens is 4. The van der Waals surface area contributed by atoms with Crippen molar-refractivity contribution in [1.82, 2.24) is 28.7 Å². The summed E-state index contributed by atoms with van der Waals surface area (Å²) in [6.07, 6.45) is 3.22. The Bertz CT molecular complexity index is 2150. The maximum absolute atomic E-state index is 15.6. The smallest absolute Gasteiger partial charge is 0.341 e. The van der Waals surface area contributed by atoms with Crippen molar-refractivity contribution < 1.29 is 14.3 Å². The standard InChI is InChI=1S/C37H39FN8O3S/c38-31-21-29-32(44(27-11-12-27)23-30(35(29)47)36(48)49)22-33(31)43-19-15-41(16-20-43)25-45-37(50)46(28-9-5-2-6-10-28)34(39-45)24-40-13-17-42(18-14-40)26-7-3-1-4-8-26/h1-10,21-23,27H,11-20,24-25H2,(H,48,49). The molecule has 8 rings (SSSR count). The van der Waals surface area contributed by atoms with E-state index < -0.39 is 17.2 Å². The van der Waals surface area contributed by atoms with Crippen LogP contribution in [0.15, 0.2) is 83.8 Å². The SMILES string of the molecule is O=C(O)c1cn(C2CC2)c2cc(N3CCN(Cn4nc(CN5CCN(c6ccccc6)CC5)n(-c5ccccc5)c4=S)CC3)c(F)cc2c1=O. The topological polar surface area (TPSA) is 95.0 Å². The minimum absolute atomic E-state index is 0.106. The summed E-state index contributed by atoms with van der Waals surface area (Å²) >= 11 is 6.03. The van der Waals surface area contributed by atoms with Crippen LogP contribution in [0, 0.1) is 10.6 Å². The number of hydrogen-bond acceptors (Lipinski definition) is 8. The number of nitrogens with zero attached hydrogens (tertiary/aromatic N) is 8. The van der Waals surface area contributed by atoms with Gasteiger partial charge in [0.15, 0.2) is 5.82 Å². The van der Waals surface area contributed by atoms with Crippen molar-refractivity contribution in [1.29, 1.82) is 0 Å². The van der Waals surface area contributed by atoms with Gasteiger partial charge >= 0.3 is 5.97 Å². The molecule has 1 N–H and O–H groups in total. The van der Waals surface area contributed by atoms with E-state index in [0.29, 0.717) is 55.4 Å². The van der Waals surface area contributed by atoms with Gasteiger partial charge in [-0.15, -0.1) is 0 Å². The molecule has 3 aromatic carbocycles. The minimum Gasteiger partial charge on any atom is -0.477 e. The molecule has 3 aliphatic rings. The van der Waals surface area contributed by atoms with E-state index in [1.165, 1.54) is 18.0 Å². The molecule has 13 heteroatoms. The number of pyridine rings is 1. The lowest BCUT2D eigenvalue weighted by atomic mass is 10.1. The highest BCUT2D eigenvalue weighted by Gasteiger charge is 2.29. The van der Waals surface area contributed by atoms with Crippen LogP contribution in [0.5, 0.6) is 0 Å². The van der Waals surface area contributed by atoms with E-state index in [0.717, 1.165) is 50.5 Å². The fourth-order valence-corrected chi connectivity index (χ4v) is 7.52. The summed E-state index contributed by atoms with van der Waals surface area (Å²) in [6, 6.07) is 23.7. The van der Waals surface area contributed by atoms with Gasteiger partial charge in [0.2, 0.25) is 10.2 Å². The summed E-state index contributed by atoms with van der Waals surface area (Å²) in [4.78, 5) is 33.8. The summed E-state index contributed by atoms with van der Waals surface area (Å²) in [5.74, 6) is -0.917. The number of fused-ring (bicyclic) bond motifs is 1. The summed E-state index contributed by atoms with van der Waals surface area (Å²) in [6.45, 7) is 7.43. The predicted octanol–water partition coefficient (Wildman–Crippen LogP) is 4.99. The number of halogens is 1. The van der Waals surface area contributed by atoms with Gasteiger partial charge in [0.25, 0.3) is 0 Å². The van der Waals surface area contributed by atoms with Crippen molar-refractivity contribution in [2.24, 2.45) is 0 Å². The zero-order valence-electron chi connectivity index (χ0n) is 27.7. The molecule has 2 saturated heterocycles. The molecule has 3 fully saturated rings. The molecule has 1 aliphatic carbocycles. The molecular weight excluding hydrogens is 656 g/mol. The number of aromatic carboxylic acids is 1. The first-order valence-electron chi connectivity index (χ1n) is 17.2. The molecule has 11 nitrogen and oxygen atoms in total. The van der Waals surface area contributed by atoms with E-state index in [4.69, 9.17) is 17.3 Å². The van der Waals surface area contributed by atoms with E-state index in [9.17, 15) is 14.7 Å². The number of carboxylic acids is 1. The largest absolute Gasteiger partial charge is 0.477 e. The monoisotopic (exact) mass is 694 g/mol. The molecule has 0 radical (unpaired) electrons. The second kappa shape index (κ2) is 13.5. The molecule has 258 valence electrons. The number of para-hydroxylation sites is 2. The Hall–Kier alpha value is -4.85. The molecule has 0 unspecified atom stereocenters. The number of piperazine rings is 2. The Morgan fingerprint density at radius 3 is 2.10 bits per heavy atom. The summed E-state index contributed by atoms with van der Waals surface area (Å²) in [5, 5.41) is 14.8. The van der Waals surface area contributed by atoms with Gasteiger partial charge in [-0.2, -0.15) is 5.10 Å². The molecule has 4 heterocycles. The fraction of sp³-hybridized carbons (Fsp3) is 0.351. The minimum atomic E-state index is -1.30. The number of anilines is 2. The highest BCUT2D eigenvalue weighted by Crippen LogP contribution is 2.38. The number of hydrogen-bond donors (Lipinski definition) is 1. The second-order valence-electron chi connectivity index (χ2n) is 13.4. The van der Waals surface area contributed by atoms with Gasteiger partial charge in [-0.1, -0.05) is 36.4 Å². The summed E-state index contributed by atoms with van der Waals surface area (Å²) in [5.41, 5.74) is 2.26. The number of carbonyl (C=O) groups is 1. The van der Waals surface area contributed by atoms with Crippen LogP contribution >= 0.6 is 12.2 Å². The molecule has 5 aromatic rings. The van der Waals surface area contributed by atoms with Crippen LogP contribution in [0.1, 0.15) is 35.1 Å². The second-order valence-corrected chi connectivity index (χ2v) is 13.7. The summed E-state index contributed by atoms with van der Waals surface area (Å²) < 4.78 is 22.0. The van der Waals surface area contributed by atoms with Crippen molar-refractivity contribution in [2.45, 2.75) is 32.1 Å². The van der Waals surface area contributed by atoms with Gasteiger partial charge in [-0.25, -0.2) is 13.9 Å². The van der Waals surface area contributed by atoms with Crippen LogP contribution < -0.4 is 15.2 Å². The maximum atomic E-state index is 15.6. The van der Waals surface area contributed by atoms with Gasteiger partial charge in [0.05, 0.1) is 24.4 Å². The summed E-state index contributed by atoms with van der Waals surface area (Å²) in [7, 11) is 0. The molecular formula is C37H39FN8O3S. The first-order valence-corrected chi connectivity index (χ1v) is 17.6.